The average Bonchev–Trinajstić information content (AvgIpc) is 2.44. The van der Waals surface area contributed by atoms with E-state index in [9.17, 15) is 9.90 Å². The molecule has 2 aliphatic rings. The molecule has 2 rings (SSSR count). The number of aliphatic hydroxyl groups is 1. The fourth-order valence-corrected chi connectivity index (χ4v) is 3.60. The Hall–Kier alpha value is -0.650. The van der Waals surface area contributed by atoms with Gasteiger partial charge in [0.15, 0.2) is 5.60 Å². The van der Waals surface area contributed by atoms with Gasteiger partial charge in [-0.3, -0.25) is 9.69 Å². The lowest BCUT2D eigenvalue weighted by Crippen LogP contribution is -2.60. The van der Waals surface area contributed by atoms with E-state index >= 15 is 0 Å². The molecule has 5 heteroatoms. The highest BCUT2D eigenvalue weighted by Gasteiger charge is 2.44. The van der Waals surface area contributed by atoms with Gasteiger partial charge in [0.2, 0.25) is 0 Å². The molecule has 1 N–H and O–H groups in total. The van der Waals surface area contributed by atoms with Gasteiger partial charge in [0.05, 0.1) is 0 Å². The maximum Gasteiger partial charge on any atom is 0.255 e. The first-order valence-electron chi connectivity index (χ1n) is 8.51. The predicted molar refractivity (Wildman–Crippen MR) is 86.7 cm³/mol. The summed E-state index contributed by atoms with van der Waals surface area (Å²) in [4.78, 5) is 16.8. The van der Waals surface area contributed by atoms with E-state index in [-0.39, 0.29) is 11.3 Å². The van der Waals surface area contributed by atoms with E-state index in [1.54, 1.807) is 0 Å². The Balaban J connectivity index is 1.99. The number of piperidine rings is 1. The third kappa shape index (κ3) is 4.43. The first-order valence-corrected chi connectivity index (χ1v) is 8.51. The molecular weight excluding hydrogens is 280 g/mol. The zero-order chi connectivity index (χ0) is 16.4. The van der Waals surface area contributed by atoms with Gasteiger partial charge >= 0.3 is 0 Å². The first-order chi connectivity index (χ1) is 10.2. The summed E-state index contributed by atoms with van der Waals surface area (Å²) in [7, 11) is 2.02. The molecule has 0 aliphatic carbocycles. The van der Waals surface area contributed by atoms with Crippen LogP contribution in [-0.4, -0.2) is 72.4 Å². The van der Waals surface area contributed by atoms with Crippen LogP contribution >= 0.6 is 0 Å². The predicted octanol–water partition coefficient (Wildman–Crippen LogP) is 1.50. The third-order valence-electron chi connectivity index (χ3n) is 4.69. The molecule has 0 aromatic rings. The standard InChI is InChI=1S/C17H32N2O3/c1-16(2,3)12-19-9-5-8-17(21,15(19)20)13-18(4)14-6-10-22-11-7-14/h14,21H,5-13H2,1-4H3/t17-/m1/s1. The molecule has 128 valence electrons. The summed E-state index contributed by atoms with van der Waals surface area (Å²) in [5.41, 5.74) is -1.17. The first kappa shape index (κ1) is 17.7. The smallest absolute Gasteiger partial charge is 0.255 e. The number of hydrogen-bond donors (Lipinski definition) is 1. The molecule has 2 aliphatic heterocycles. The Kier molecular flexibility index (Phi) is 5.51. The number of carbonyl (C=O) groups excluding carboxylic acids is 1. The van der Waals surface area contributed by atoms with Gasteiger partial charge in [-0.1, -0.05) is 20.8 Å². The summed E-state index contributed by atoms with van der Waals surface area (Å²) in [6.45, 7) is 9.83. The van der Waals surface area contributed by atoms with Crippen molar-refractivity contribution in [2.75, 3.05) is 39.9 Å². The molecule has 1 amide bonds. The summed E-state index contributed by atoms with van der Waals surface area (Å²) < 4.78 is 5.39. The number of amides is 1. The number of nitrogens with zero attached hydrogens (tertiary/aromatic N) is 2. The van der Waals surface area contributed by atoms with E-state index in [1.807, 2.05) is 11.9 Å². The second-order valence-corrected chi connectivity index (χ2v) is 8.18. The SMILES string of the molecule is CN(C[C@]1(O)CCCN(CC(C)(C)C)C1=O)C1CCOCC1. The largest absolute Gasteiger partial charge is 0.381 e. The van der Waals surface area contributed by atoms with Crippen molar-refractivity contribution in [3.63, 3.8) is 0 Å². The molecule has 2 fully saturated rings. The Morgan fingerprint density at radius 2 is 2.00 bits per heavy atom. The van der Waals surface area contributed by atoms with Crippen LogP contribution in [0.3, 0.4) is 0 Å². The lowest BCUT2D eigenvalue weighted by molar-refractivity contribution is -0.161. The number of ether oxygens (including phenoxy) is 1. The highest BCUT2D eigenvalue weighted by Crippen LogP contribution is 2.28. The van der Waals surface area contributed by atoms with Gasteiger partial charge in [-0.2, -0.15) is 0 Å². The van der Waals surface area contributed by atoms with E-state index in [4.69, 9.17) is 4.74 Å². The van der Waals surface area contributed by atoms with E-state index in [0.717, 1.165) is 39.0 Å². The summed E-state index contributed by atoms with van der Waals surface area (Å²) in [6, 6.07) is 0.406. The molecule has 1 atom stereocenters. The molecule has 0 aromatic heterocycles. The van der Waals surface area contributed by atoms with Crippen LogP contribution in [0.4, 0.5) is 0 Å². The normalized spacial score (nSPS) is 28.5. The highest BCUT2D eigenvalue weighted by molar-refractivity contribution is 5.86. The highest BCUT2D eigenvalue weighted by atomic mass is 16.5. The number of rotatable bonds is 4. The van der Waals surface area contributed by atoms with Crippen molar-refractivity contribution in [2.45, 2.75) is 58.1 Å². The van der Waals surface area contributed by atoms with Crippen molar-refractivity contribution < 1.29 is 14.6 Å². The van der Waals surface area contributed by atoms with Gasteiger partial charge in [-0.05, 0) is 38.1 Å². The minimum Gasteiger partial charge on any atom is -0.381 e. The van der Waals surface area contributed by atoms with Crippen molar-refractivity contribution >= 4 is 5.91 Å². The van der Waals surface area contributed by atoms with Crippen LogP contribution in [0.15, 0.2) is 0 Å². The minimum atomic E-state index is -1.23. The molecule has 22 heavy (non-hydrogen) atoms. The zero-order valence-corrected chi connectivity index (χ0v) is 14.6. The molecule has 0 saturated carbocycles. The molecule has 2 saturated heterocycles. The van der Waals surface area contributed by atoms with Gasteiger partial charge in [-0.25, -0.2) is 0 Å². The van der Waals surface area contributed by atoms with Gasteiger partial charge < -0.3 is 14.7 Å². The Morgan fingerprint density at radius 1 is 1.36 bits per heavy atom. The van der Waals surface area contributed by atoms with Gasteiger partial charge in [0, 0.05) is 38.9 Å². The third-order valence-corrected chi connectivity index (χ3v) is 4.69. The fraction of sp³-hybridized carbons (Fsp3) is 0.941. The van der Waals surface area contributed by atoms with E-state index in [2.05, 4.69) is 25.7 Å². The summed E-state index contributed by atoms with van der Waals surface area (Å²) in [5.74, 6) is -0.0902. The molecule has 0 unspecified atom stereocenters. The molecule has 0 aromatic carbocycles. The Bertz CT molecular complexity index is 388. The minimum absolute atomic E-state index is 0.0561. The van der Waals surface area contributed by atoms with Crippen LogP contribution in [0.25, 0.3) is 0 Å². The lowest BCUT2D eigenvalue weighted by Gasteiger charge is -2.43. The monoisotopic (exact) mass is 312 g/mol. The fourth-order valence-electron chi connectivity index (χ4n) is 3.60. The molecule has 0 bridgehead atoms. The van der Waals surface area contributed by atoms with E-state index < -0.39 is 5.60 Å². The van der Waals surface area contributed by atoms with Crippen LogP contribution in [0, 0.1) is 5.41 Å². The van der Waals surface area contributed by atoms with Crippen molar-refractivity contribution in [2.24, 2.45) is 5.41 Å². The molecular formula is C17H32N2O3. The average molecular weight is 312 g/mol. The maximum atomic E-state index is 12.8. The Morgan fingerprint density at radius 3 is 2.59 bits per heavy atom. The summed E-state index contributed by atoms with van der Waals surface area (Å²) in [6.07, 6.45) is 3.40. The van der Waals surface area contributed by atoms with Gasteiger partial charge in [0.25, 0.3) is 5.91 Å². The number of carbonyl (C=O) groups is 1. The van der Waals surface area contributed by atoms with E-state index in [1.165, 1.54) is 0 Å². The number of likely N-dealkylation sites (tertiary alicyclic amines) is 1. The van der Waals surface area contributed by atoms with Crippen molar-refractivity contribution in [3.05, 3.63) is 0 Å². The van der Waals surface area contributed by atoms with Crippen molar-refractivity contribution in [1.29, 1.82) is 0 Å². The van der Waals surface area contributed by atoms with E-state index in [0.29, 0.717) is 25.6 Å². The quantitative estimate of drug-likeness (QED) is 0.855. The van der Waals surface area contributed by atoms with Gasteiger partial charge in [-0.15, -0.1) is 0 Å². The molecule has 0 spiro atoms. The van der Waals surface area contributed by atoms with Crippen LogP contribution in [0.2, 0.25) is 0 Å². The molecule has 2 heterocycles. The lowest BCUT2D eigenvalue weighted by atomic mass is 9.88. The second kappa shape index (κ2) is 6.85. The zero-order valence-electron chi connectivity index (χ0n) is 14.6. The second-order valence-electron chi connectivity index (χ2n) is 8.18. The van der Waals surface area contributed by atoms with Gasteiger partial charge in [0.1, 0.15) is 0 Å². The Labute approximate surface area is 134 Å². The maximum absolute atomic E-state index is 12.8. The van der Waals surface area contributed by atoms with Crippen LogP contribution in [0.5, 0.6) is 0 Å². The van der Waals surface area contributed by atoms with Crippen LogP contribution in [0.1, 0.15) is 46.5 Å². The summed E-state index contributed by atoms with van der Waals surface area (Å²) in [5, 5.41) is 10.9. The molecule has 0 radical (unpaired) electrons. The van der Waals surface area contributed by atoms with Crippen molar-refractivity contribution in [1.82, 2.24) is 9.80 Å². The van der Waals surface area contributed by atoms with Crippen molar-refractivity contribution in [3.8, 4) is 0 Å². The number of hydrogen-bond acceptors (Lipinski definition) is 4. The summed E-state index contributed by atoms with van der Waals surface area (Å²) >= 11 is 0. The van der Waals surface area contributed by atoms with Crippen LogP contribution < -0.4 is 0 Å². The topological polar surface area (TPSA) is 53.0 Å². The van der Waals surface area contributed by atoms with Crippen LogP contribution in [-0.2, 0) is 9.53 Å². The number of likely N-dealkylation sites (N-methyl/N-ethyl adjacent to an activating group) is 1. The molecule has 5 nitrogen and oxygen atoms in total.